The van der Waals surface area contributed by atoms with E-state index in [1.807, 2.05) is 21.0 Å². The number of hydrogen-bond acceptors (Lipinski definition) is 3. The van der Waals surface area contributed by atoms with E-state index in [9.17, 15) is 9.18 Å². The molecule has 18 heavy (non-hydrogen) atoms. The molecule has 0 radical (unpaired) electrons. The zero-order chi connectivity index (χ0) is 13.5. The van der Waals surface area contributed by atoms with Crippen molar-refractivity contribution in [3.8, 4) is 0 Å². The van der Waals surface area contributed by atoms with Crippen molar-refractivity contribution in [2.75, 3.05) is 33.7 Å². The number of halogens is 1. The van der Waals surface area contributed by atoms with Gasteiger partial charge in [-0.25, -0.2) is 4.98 Å². The number of aromatic nitrogens is 1. The van der Waals surface area contributed by atoms with Gasteiger partial charge in [-0.05, 0) is 40.1 Å². The van der Waals surface area contributed by atoms with Gasteiger partial charge >= 0.3 is 0 Å². The fourth-order valence-corrected chi connectivity index (χ4v) is 1.70. The lowest BCUT2D eigenvalue weighted by Crippen LogP contribution is -2.33. The molecule has 0 N–H and O–H groups in total. The Labute approximate surface area is 107 Å². The van der Waals surface area contributed by atoms with Crippen LogP contribution in [0.5, 0.6) is 0 Å². The molecule has 0 aliphatic rings. The first-order valence-electron chi connectivity index (χ1n) is 6.10. The lowest BCUT2D eigenvalue weighted by Gasteiger charge is -2.21. The van der Waals surface area contributed by atoms with Gasteiger partial charge in [0.2, 0.25) is 5.95 Å². The molecule has 0 saturated carbocycles. The maximum absolute atomic E-state index is 13.0. The summed E-state index contributed by atoms with van der Waals surface area (Å²) in [6.07, 6.45) is 2.22. The molecule has 1 heterocycles. The van der Waals surface area contributed by atoms with Crippen LogP contribution >= 0.6 is 0 Å². The van der Waals surface area contributed by atoms with Gasteiger partial charge < -0.3 is 9.80 Å². The van der Waals surface area contributed by atoms with E-state index in [2.05, 4.69) is 9.88 Å². The second-order valence-corrected chi connectivity index (χ2v) is 4.41. The summed E-state index contributed by atoms with van der Waals surface area (Å²) in [7, 11) is 3.99. The first-order chi connectivity index (χ1) is 8.54. The summed E-state index contributed by atoms with van der Waals surface area (Å²) in [5.74, 6) is -0.761. The van der Waals surface area contributed by atoms with E-state index in [0.29, 0.717) is 18.7 Å². The second kappa shape index (κ2) is 7.06. The highest BCUT2D eigenvalue weighted by atomic mass is 19.1. The van der Waals surface area contributed by atoms with Crippen LogP contribution in [-0.4, -0.2) is 54.4 Å². The van der Waals surface area contributed by atoms with Gasteiger partial charge in [-0.15, -0.1) is 0 Å². The van der Waals surface area contributed by atoms with Gasteiger partial charge in [0.05, 0.1) is 0 Å². The maximum Gasteiger partial charge on any atom is 0.254 e. The van der Waals surface area contributed by atoms with Gasteiger partial charge in [0.25, 0.3) is 5.91 Å². The molecule has 0 spiro atoms. The molecule has 0 aliphatic heterocycles. The predicted molar refractivity (Wildman–Crippen MR) is 68.9 cm³/mol. The van der Waals surface area contributed by atoms with Crippen LogP contribution in [0.1, 0.15) is 23.7 Å². The quantitative estimate of drug-likeness (QED) is 0.723. The van der Waals surface area contributed by atoms with Gasteiger partial charge in [-0.3, -0.25) is 4.79 Å². The zero-order valence-corrected chi connectivity index (χ0v) is 11.2. The summed E-state index contributed by atoms with van der Waals surface area (Å²) in [4.78, 5) is 19.4. The lowest BCUT2D eigenvalue weighted by molar-refractivity contribution is 0.0758. The van der Waals surface area contributed by atoms with Crippen LogP contribution in [0.3, 0.4) is 0 Å². The number of carbonyl (C=O) groups is 1. The van der Waals surface area contributed by atoms with E-state index in [1.165, 1.54) is 12.3 Å². The minimum atomic E-state index is -0.620. The molecule has 1 rings (SSSR count). The van der Waals surface area contributed by atoms with Crippen LogP contribution < -0.4 is 0 Å². The monoisotopic (exact) mass is 253 g/mol. The standard InChI is InChI=1S/C13H20FN3O/c1-4-17(9-5-8-16(2)3)13(18)11-6-7-15-12(14)10-11/h6-7,10H,4-5,8-9H2,1-3H3. The van der Waals surface area contributed by atoms with Gasteiger partial charge in [-0.2, -0.15) is 4.39 Å². The van der Waals surface area contributed by atoms with Gasteiger partial charge in [0.15, 0.2) is 0 Å². The summed E-state index contributed by atoms with van der Waals surface area (Å²) >= 11 is 0. The Bertz CT molecular complexity index is 396. The topological polar surface area (TPSA) is 36.4 Å². The molecular formula is C13H20FN3O. The third-order valence-electron chi connectivity index (χ3n) is 2.68. The van der Waals surface area contributed by atoms with Crippen molar-refractivity contribution in [3.63, 3.8) is 0 Å². The molecular weight excluding hydrogens is 233 g/mol. The normalized spacial score (nSPS) is 10.7. The molecule has 0 aromatic carbocycles. The smallest absolute Gasteiger partial charge is 0.254 e. The van der Waals surface area contributed by atoms with E-state index in [-0.39, 0.29) is 5.91 Å². The second-order valence-electron chi connectivity index (χ2n) is 4.41. The Balaban J connectivity index is 2.62. The zero-order valence-electron chi connectivity index (χ0n) is 11.2. The molecule has 4 nitrogen and oxygen atoms in total. The predicted octanol–water partition coefficient (Wildman–Crippen LogP) is 1.63. The molecule has 0 atom stereocenters. The minimum Gasteiger partial charge on any atom is -0.339 e. The number of hydrogen-bond donors (Lipinski definition) is 0. The Morgan fingerprint density at radius 1 is 1.39 bits per heavy atom. The molecule has 100 valence electrons. The maximum atomic E-state index is 13.0. The molecule has 0 fully saturated rings. The lowest BCUT2D eigenvalue weighted by atomic mass is 10.2. The number of amides is 1. The average Bonchev–Trinajstić information content (AvgIpc) is 2.33. The van der Waals surface area contributed by atoms with Crippen LogP contribution in [0.2, 0.25) is 0 Å². The molecule has 1 amide bonds. The summed E-state index contributed by atoms with van der Waals surface area (Å²) in [6.45, 7) is 4.15. The minimum absolute atomic E-state index is 0.141. The van der Waals surface area contributed by atoms with Crippen LogP contribution in [0.4, 0.5) is 4.39 Å². The van der Waals surface area contributed by atoms with E-state index in [0.717, 1.165) is 13.0 Å². The van der Waals surface area contributed by atoms with Crippen LogP contribution in [0.15, 0.2) is 18.3 Å². The summed E-state index contributed by atoms with van der Waals surface area (Å²) < 4.78 is 13.0. The van der Waals surface area contributed by atoms with Crippen molar-refractivity contribution < 1.29 is 9.18 Å². The average molecular weight is 253 g/mol. The Hall–Kier alpha value is -1.49. The molecule has 0 saturated heterocycles. The summed E-state index contributed by atoms with van der Waals surface area (Å²) in [5.41, 5.74) is 0.356. The number of carbonyl (C=O) groups excluding carboxylic acids is 1. The largest absolute Gasteiger partial charge is 0.339 e. The Morgan fingerprint density at radius 2 is 2.11 bits per heavy atom. The van der Waals surface area contributed by atoms with Crippen molar-refractivity contribution in [1.82, 2.24) is 14.8 Å². The highest BCUT2D eigenvalue weighted by Crippen LogP contribution is 2.06. The molecule has 1 aromatic rings. The van der Waals surface area contributed by atoms with Gasteiger partial charge in [-0.1, -0.05) is 0 Å². The Kier molecular flexibility index (Phi) is 5.71. The van der Waals surface area contributed by atoms with Crippen molar-refractivity contribution in [1.29, 1.82) is 0 Å². The highest BCUT2D eigenvalue weighted by molar-refractivity contribution is 5.94. The first-order valence-corrected chi connectivity index (χ1v) is 6.10. The fraction of sp³-hybridized carbons (Fsp3) is 0.538. The molecule has 0 aliphatic carbocycles. The van der Waals surface area contributed by atoms with Crippen molar-refractivity contribution in [2.24, 2.45) is 0 Å². The van der Waals surface area contributed by atoms with Gasteiger partial charge in [0.1, 0.15) is 0 Å². The van der Waals surface area contributed by atoms with E-state index in [1.54, 1.807) is 11.0 Å². The number of nitrogens with zero attached hydrogens (tertiary/aromatic N) is 3. The number of rotatable bonds is 6. The molecule has 0 bridgehead atoms. The summed E-state index contributed by atoms with van der Waals surface area (Å²) in [5, 5.41) is 0. The van der Waals surface area contributed by atoms with E-state index >= 15 is 0 Å². The van der Waals surface area contributed by atoms with Crippen molar-refractivity contribution in [3.05, 3.63) is 29.8 Å². The van der Waals surface area contributed by atoms with Crippen molar-refractivity contribution >= 4 is 5.91 Å². The first kappa shape index (κ1) is 14.6. The Morgan fingerprint density at radius 3 is 2.67 bits per heavy atom. The SMILES string of the molecule is CCN(CCCN(C)C)C(=O)c1ccnc(F)c1. The molecule has 1 aromatic heterocycles. The van der Waals surface area contributed by atoms with Crippen LogP contribution in [0.25, 0.3) is 0 Å². The van der Waals surface area contributed by atoms with Gasteiger partial charge in [0, 0.05) is 30.9 Å². The molecule has 0 unspecified atom stereocenters. The molecule has 5 heteroatoms. The fourth-order valence-electron chi connectivity index (χ4n) is 1.70. The highest BCUT2D eigenvalue weighted by Gasteiger charge is 2.14. The van der Waals surface area contributed by atoms with E-state index in [4.69, 9.17) is 0 Å². The third kappa shape index (κ3) is 4.41. The van der Waals surface area contributed by atoms with Crippen LogP contribution in [-0.2, 0) is 0 Å². The number of pyridine rings is 1. The van der Waals surface area contributed by atoms with E-state index < -0.39 is 5.95 Å². The third-order valence-corrected chi connectivity index (χ3v) is 2.68. The van der Waals surface area contributed by atoms with Crippen molar-refractivity contribution in [2.45, 2.75) is 13.3 Å². The summed E-state index contributed by atoms with van der Waals surface area (Å²) in [6, 6.07) is 2.72. The van der Waals surface area contributed by atoms with Crippen LogP contribution in [0, 0.1) is 5.95 Å².